The maximum atomic E-state index is 13.1. The number of carbonyl (C=O) groups is 1. The third kappa shape index (κ3) is 4.14. The normalized spacial score (nSPS) is 15.7. The fourth-order valence-electron chi connectivity index (χ4n) is 3.01. The quantitative estimate of drug-likeness (QED) is 0.732. The molecule has 0 saturated carbocycles. The summed E-state index contributed by atoms with van der Waals surface area (Å²) in [6, 6.07) is 9.89. The van der Waals surface area contributed by atoms with E-state index < -0.39 is 0 Å². The average Bonchev–Trinajstić information content (AvgIpc) is 3.19. The Hall–Kier alpha value is -2.80. The molecule has 0 spiro atoms. The van der Waals surface area contributed by atoms with E-state index in [1.165, 1.54) is 0 Å². The Labute approximate surface area is 162 Å². The second-order valence-corrected chi connectivity index (χ2v) is 7.50. The van der Waals surface area contributed by atoms with E-state index in [4.69, 9.17) is 4.74 Å². The van der Waals surface area contributed by atoms with Gasteiger partial charge in [-0.3, -0.25) is 9.78 Å². The van der Waals surface area contributed by atoms with Gasteiger partial charge < -0.3 is 14.6 Å². The van der Waals surface area contributed by atoms with Crippen molar-refractivity contribution in [2.24, 2.45) is 0 Å². The number of aryl methyl sites for hydroxylation is 1. The van der Waals surface area contributed by atoms with Gasteiger partial charge >= 0.3 is 0 Å². The van der Waals surface area contributed by atoms with Crippen LogP contribution >= 0.6 is 11.8 Å². The number of nitrogens with zero attached hydrogens (tertiary/aromatic N) is 3. The lowest BCUT2D eigenvalue weighted by Crippen LogP contribution is -2.36. The number of aromatic amines is 1. The zero-order valence-corrected chi connectivity index (χ0v) is 15.8. The van der Waals surface area contributed by atoms with E-state index in [0.717, 1.165) is 33.5 Å². The predicted octanol–water partition coefficient (Wildman–Crippen LogP) is 3.59. The van der Waals surface area contributed by atoms with Crippen molar-refractivity contribution in [3.63, 3.8) is 0 Å². The van der Waals surface area contributed by atoms with Gasteiger partial charge in [-0.05, 0) is 30.7 Å². The number of para-hydroxylation sites is 1. The summed E-state index contributed by atoms with van der Waals surface area (Å²) in [6.07, 6.45) is 7.07. The molecule has 2 aromatic heterocycles. The largest absolute Gasteiger partial charge is 0.488 e. The molecule has 0 aliphatic carbocycles. The summed E-state index contributed by atoms with van der Waals surface area (Å²) in [5, 5.41) is 0. The SMILES string of the molecule is Cc1cncc(N(Cc2ncc[nH]2)C(=O)CC2CSc3ccccc3O2)c1. The van der Waals surface area contributed by atoms with Gasteiger partial charge in [-0.1, -0.05) is 12.1 Å². The summed E-state index contributed by atoms with van der Waals surface area (Å²) in [5.74, 6) is 2.32. The van der Waals surface area contributed by atoms with Crippen LogP contribution in [0.5, 0.6) is 5.75 Å². The molecule has 1 aromatic carbocycles. The number of pyridine rings is 1. The van der Waals surface area contributed by atoms with E-state index in [2.05, 4.69) is 15.0 Å². The zero-order chi connectivity index (χ0) is 18.6. The van der Waals surface area contributed by atoms with Gasteiger partial charge in [-0.2, -0.15) is 0 Å². The van der Waals surface area contributed by atoms with Crippen molar-refractivity contribution in [2.45, 2.75) is 30.9 Å². The Bertz CT molecular complexity index is 929. The number of hydrogen-bond acceptors (Lipinski definition) is 5. The summed E-state index contributed by atoms with van der Waals surface area (Å²) in [7, 11) is 0. The van der Waals surface area contributed by atoms with Crippen LogP contribution in [0.3, 0.4) is 0 Å². The lowest BCUT2D eigenvalue weighted by atomic mass is 10.2. The second-order valence-electron chi connectivity index (χ2n) is 6.44. The minimum absolute atomic E-state index is 0.0104. The first-order chi connectivity index (χ1) is 13.2. The van der Waals surface area contributed by atoms with Gasteiger partial charge in [0.2, 0.25) is 5.91 Å². The number of H-pyrrole nitrogens is 1. The molecule has 3 heterocycles. The Kier molecular flexibility index (Phi) is 5.11. The van der Waals surface area contributed by atoms with Crippen molar-refractivity contribution in [1.82, 2.24) is 15.0 Å². The number of thioether (sulfide) groups is 1. The van der Waals surface area contributed by atoms with E-state index in [1.54, 1.807) is 41.4 Å². The molecule has 6 nitrogen and oxygen atoms in total. The number of carbonyl (C=O) groups excluding carboxylic acids is 1. The molecule has 7 heteroatoms. The minimum Gasteiger partial charge on any atom is -0.488 e. The highest BCUT2D eigenvalue weighted by atomic mass is 32.2. The van der Waals surface area contributed by atoms with Crippen LogP contribution in [0.1, 0.15) is 17.8 Å². The fraction of sp³-hybridized carbons (Fsp3) is 0.250. The summed E-state index contributed by atoms with van der Waals surface area (Å²) in [4.78, 5) is 27.5. The molecule has 1 aliphatic heterocycles. The highest BCUT2D eigenvalue weighted by Gasteiger charge is 2.26. The van der Waals surface area contributed by atoms with Crippen LogP contribution in [0.2, 0.25) is 0 Å². The molecule has 138 valence electrons. The number of anilines is 1. The van der Waals surface area contributed by atoms with Gasteiger partial charge in [0.15, 0.2) is 0 Å². The first kappa shape index (κ1) is 17.6. The summed E-state index contributed by atoms with van der Waals surface area (Å²) < 4.78 is 6.04. The molecule has 3 aromatic rings. The Morgan fingerprint density at radius 1 is 1.37 bits per heavy atom. The molecule has 1 amide bonds. The number of hydrogen-bond donors (Lipinski definition) is 1. The van der Waals surface area contributed by atoms with Crippen LogP contribution in [0.25, 0.3) is 0 Å². The topological polar surface area (TPSA) is 71.1 Å². The van der Waals surface area contributed by atoms with Crippen LogP contribution < -0.4 is 9.64 Å². The maximum absolute atomic E-state index is 13.1. The number of imidazole rings is 1. The lowest BCUT2D eigenvalue weighted by Gasteiger charge is -2.28. The van der Waals surface area contributed by atoms with E-state index in [9.17, 15) is 4.79 Å². The standard InChI is InChI=1S/C20H20N4O2S/c1-14-8-15(11-21-10-14)24(12-19-22-6-7-23-19)20(25)9-16-13-27-18-5-3-2-4-17(18)26-16/h2-8,10-11,16H,9,12-13H2,1H3,(H,22,23). The van der Waals surface area contributed by atoms with Crippen LogP contribution in [0.15, 0.2) is 60.0 Å². The van der Waals surface area contributed by atoms with Gasteiger partial charge in [0.25, 0.3) is 0 Å². The molecule has 1 N–H and O–H groups in total. The smallest absolute Gasteiger partial charge is 0.231 e. The van der Waals surface area contributed by atoms with E-state index in [1.807, 2.05) is 37.3 Å². The van der Waals surface area contributed by atoms with E-state index in [-0.39, 0.29) is 12.0 Å². The van der Waals surface area contributed by atoms with Crippen LogP contribution in [-0.2, 0) is 11.3 Å². The van der Waals surface area contributed by atoms with Crippen LogP contribution in [0, 0.1) is 6.92 Å². The molecule has 1 atom stereocenters. The van der Waals surface area contributed by atoms with Crippen molar-refractivity contribution >= 4 is 23.4 Å². The number of fused-ring (bicyclic) bond motifs is 1. The van der Waals surface area contributed by atoms with Crippen LogP contribution in [-0.4, -0.2) is 32.7 Å². The Balaban J connectivity index is 1.52. The highest BCUT2D eigenvalue weighted by molar-refractivity contribution is 7.99. The van der Waals surface area contributed by atoms with Crippen molar-refractivity contribution in [3.05, 3.63) is 66.5 Å². The maximum Gasteiger partial charge on any atom is 0.231 e. The predicted molar refractivity (Wildman–Crippen MR) is 105 cm³/mol. The zero-order valence-electron chi connectivity index (χ0n) is 15.0. The Morgan fingerprint density at radius 3 is 3.07 bits per heavy atom. The first-order valence-corrected chi connectivity index (χ1v) is 9.76. The molecule has 0 fully saturated rings. The highest BCUT2D eigenvalue weighted by Crippen LogP contribution is 2.36. The van der Waals surface area contributed by atoms with Gasteiger partial charge in [0.1, 0.15) is 17.7 Å². The van der Waals surface area contributed by atoms with Crippen molar-refractivity contribution in [1.29, 1.82) is 0 Å². The molecule has 0 radical (unpaired) electrons. The number of aromatic nitrogens is 3. The van der Waals surface area contributed by atoms with E-state index in [0.29, 0.717) is 13.0 Å². The monoisotopic (exact) mass is 380 g/mol. The fourth-order valence-corrected chi connectivity index (χ4v) is 4.00. The van der Waals surface area contributed by atoms with Gasteiger partial charge in [0, 0.05) is 29.2 Å². The third-order valence-corrected chi connectivity index (χ3v) is 5.49. The molecule has 4 rings (SSSR count). The molecule has 0 bridgehead atoms. The molecule has 1 aliphatic rings. The Morgan fingerprint density at radius 2 is 2.26 bits per heavy atom. The van der Waals surface area contributed by atoms with E-state index >= 15 is 0 Å². The number of benzene rings is 1. The summed E-state index contributed by atoms with van der Waals surface area (Å²) >= 11 is 1.73. The third-order valence-electron chi connectivity index (χ3n) is 4.31. The second kappa shape index (κ2) is 7.84. The van der Waals surface area contributed by atoms with Crippen molar-refractivity contribution in [2.75, 3.05) is 10.7 Å². The van der Waals surface area contributed by atoms with Gasteiger partial charge in [0.05, 0.1) is 24.8 Å². The number of rotatable bonds is 5. The molecule has 1 unspecified atom stereocenters. The molecule has 0 saturated heterocycles. The molecule has 27 heavy (non-hydrogen) atoms. The lowest BCUT2D eigenvalue weighted by molar-refractivity contribution is -0.120. The van der Waals surface area contributed by atoms with Gasteiger partial charge in [-0.25, -0.2) is 4.98 Å². The summed E-state index contributed by atoms with van der Waals surface area (Å²) in [5.41, 5.74) is 1.77. The number of amides is 1. The first-order valence-electron chi connectivity index (χ1n) is 8.78. The summed E-state index contributed by atoms with van der Waals surface area (Å²) in [6.45, 7) is 2.33. The van der Waals surface area contributed by atoms with Crippen molar-refractivity contribution in [3.8, 4) is 5.75 Å². The van der Waals surface area contributed by atoms with Crippen LogP contribution in [0.4, 0.5) is 5.69 Å². The molecular formula is C20H20N4O2S. The number of ether oxygens (including phenoxy) is 1. The van der Waals surface area contributed by atoms with Gasteiger partial charge in [-0.15, -0.1) is 11.8 Å². The average molecular weight is 380 g/mol. The number of nitrogens with one attached hydrogen (secondary N) is 1. The minimum atomic E-state index is -0.158. The molecular weight excluding hydrogens is 360 g/mol. The van der Waals surface area contributed by atoms with Crippen molar-refractivity contribution < 1.29 is 9.53 Å².